The van der Waals surface area contributed by atoms with Crippen LogP contribution in [0.3, 0.4) is 0 Å². The summed E-state index contributed by atoms with van der Waals surface area (Å²) in [4.78, 5) is 16.5. The highest BCUT2D eigenvalue weighted by Gasteiger charge is 2.12. The molecule has 1 aromatic heterocycles. The number of halogens is 2. The molecule has 0 unspecified atom stereocenters. The van der Waals surface area contributed by atoms with E-state index in [1.54, 1.807) is 12.1 Å². The van der Waals surface area contributed by atoms with Crippen LogP contribution in [0.4, 0.5) is 5.82 Å². The molecule has 0 aliphatic carbocycles. The van der Waals surface area contributed by atoms with Crippen LogP contribution >= 0.6 is 31.9 Å². The summed E-state index contributed by atoms with van der Waals surface area (Å²) in [6.45, 7) is 3.82. The number of carbonyl (C=O) groups is 1. The zero-order valence-corrected chi connectivity index (χ0v) is 13.7. The Morgan fingerprint density at radius 1 is 1.16 bits per heavy atom. The Bertz CT molecular complexity index is 641. The molecule has 98 valence electrons. The molecule has 0 saturated carbocycles. The number of anilines is 1. The monoisotopic (exact) mass is 382 g/mol. The topological polar surface area (TPSA) is 42.0 Å². The van der Waals surface area contributed by atoms with Crippen LogP contribution in [0.5, 0.6) is 0 Å². The molecule has 0 aliphatic heterocycles. The first-order valence-electron chi connectivity index (χ1n) is 5.68. The number of aryl methyl sites for hydroxylation is 2. The minimum absolute atomic E-state index is 0.176. The van der Waals surface area contributed by atoms with E-state index >= 15 is 0 Å². The average Bonchev–Trinajstić information content (AvgIpc) is 2.37. The van der Waals surface area contributed by atoms with E-state index in [0.29, 0.717) is 11.4 Å². The number of pyridine rings is 1. The fourth-order valence-corrected chi connectivity index (χ4v) is 2.29. The highest BCUT2D eigenvalue weighted by atomic mass is 79.9. The van der Waals surface area contributed by atoms with Crippen molar-refractivity contribution in [2.45, 2.75) is 13.8 Å². The summed E-state index contributed by atoms with van der Waals surface area (Å²) in [5.41, 5.74) is 2.45. The molecule has 5 heteroatoms. The number of hydrogen-bond acceptors (Lipinski definition) is 2. The zero-order valence-electron chi connectivity index (χ0n) is 10.5. The van der Waals surface area contributed by atoms with Crippen LogP contribution in [-0.2, 0) is 0 Å². The predicted molar refractivity (Wildman–Crippen MR) is 83.5 cm³/mol. The van der Waals surface area contributed by atoms with Gasteiger partial charge in [-0.25, -0.2) is 4.98 Å². The Labute approximate surface area is 128 Å². The molecule has 0 radical (unpaired) electrons. The zero-order chi connectivity index (χ0) is 14.0. The molecule has 0 atom stereocenters. The third-order valence-electron chi connectivity index (χ3n) is 2.70. The van der Waals surface area contributed by atoms with Gasteiger partial charge in [0.2, 0.25) is 0 Å². The summed E-state index contributed by atoms with van der Waals surface area (Å²) < 4.78 is 1.73. The van der Waals surface area contributed by atoms with Crippen LogP contribution in [0.15, 0.2) is 39.3 Å². The van der Waals surface area contributed by atoms with Gasteiger partial charge < -0.3 is 5.32 Å². The maximum absolute atomic E-state index is 12.2. The number of rotatable bonds is 2. The van der Waals surface area contributed by atoms with Crippen LogP contribution in [0.25, 0.3) is 0 Å². The van der Waals surface area contributed by atoms with E-state index in [1.165, 1.54) is 0 Å². The first-order valence-corrected chi connectivity index (χ1v) is 7.27. The molecule has 0 aliphatic rings. The van der Waals surface area contributed by atoms with Gasteiger partial charge in [-0.05, 0) is 69.5 Å². The number of hydrogen-bond donors (Lipinski definition) is 1. The SMILES string of the molecule is Cc1cccc(C(=O)Nc2ccc(Br)c(C)n2)c1Br. The lowest BCUT2D eigenvalue weighted by atomic mass is 10.1. The Morgan fingerprint density at radius 3 is 2.58 bits per heavy atom. The van der Waals surface area contributed by atoms with Gasteiger partial charge in [0.15, 0.2) is 0 Å². The molecule has 0 spiro atoms. The van der Waals surface area contributed by atoms with Crippen molar-refractivity contribution in [1.82, 2.24) is 4.98 Å². The maximum atomic E-state index is 12.2. The predicted octanol–water partition coefficient (Wildman–Crippen LogP) is 4.48. The van der Waals surface area contributed by atoms with Gasteiger partial charge in [-0.2, -0.15) is 0 Å². The summed E-state index contributed by atoms with van der Waals surface area (Å²) in [7, 11) is 0. The average molecular weight is 384 g/mol. The van der Waals surface area contributed by atoms with Crippen molar-refractivity contribution in [3.05, 3.63) is 56.1 Å². The second kappa shape index (κ2) is 5.84. The normalized spacial score (nSPS) is 10.3. The minimum Gasteiger partial charge on any atom is -0.307 e. The summed E-state index contributed by atoms with van der Waals surface area (Å²) in [6, 6.07) is 9.21. The number of benzene rings is 1. The van der Waals surface area contributed by atoms with Crippen molar-refractivity contribution in [3.8, 4) is 0 Å². The van der Waals surface area contributed by atoms with Gasteiger partial charge in [-0.1, -0.05) is 12.1 Å². The molecule has 3 nitrogen and oxygen atoms in total. The highest BCUT2D eigenvalue weighted by Crippen LogP contribution is 2.22. The molecule has 1 aromatic carbocycles. The van der Waals surface area contributed by atoms with E-state index in [1.807, 2.05) is 32.0 Å². The van der Waals surface area contributed by atoms with Crippen molar-refractivity contribution in [2.24, 2.45) is 0 Å². The van der Waals surface area contributed by atoms with E-state index in [9.17, 15) is 4.79 Å². The molecular weight excluding hydrogens is 372 g/mol. The molecular formula is C14H12Br2N2O. The van der Waals surface area contributed by atoms with E-state index in [4.69, 9.17) is 0 Å². The van der Waals surface area contributed by atoms with Crippen molar-refractivity contribution >= 4 is 43.6 Å². The number of aromatic nitrogens is 1. The molecule has 0 bridgehead atoms. The lowest BCUT2D eigenvalue weighted by Gasteiger charge is -2.08. The molecule has 19 heavy (non-hydrogen) atoms. The standard InChI is InChI=1S/C14H12Br2N2O/c1-8-4-3-5-10(13(8)16)14(19)18-12-7-6-11(15)9(2)17-12/h3-7H,1-2H3,(H,17,18,19). The van der Waals surface area contributed by atoms with Crippen molar-refractivity contribution < 1.29 is 4.79 Å². The molecule has 1 N–H and O–H groups in total. The van der Waals surface area contributed by atoms with Crippen LogP contribution in [-0.4, -0.2) is 10.9 Å². The minimum atomic E-state index is -0.176. The van der Waals surface area contributed by atoms with Gasteiger partial charge in [-0.3, -0.25) is 4.79 Å². The van der Waals surface area contributed by atoms with E-state index in [0.717, 1.165) is 20.2 Å². The van der Waals surface area contributed by atoms with Crippen molar-refractivity contribution in [3.63, 3.8) is 0 Å². The van der Waals surface area contributed by atoms with Gasteiger partial charge in [0, 0.05) is 8.95 Å². The van der Waals surface area contributed by atoms with Crippen LogP contribution in [0.2, 0.25) is 0 Å². The fourth-order valence-electron chi connectivity index (χ4n) is 1.62. The number of nitrogens with one attached hydrogen (secondary N) is 1. The third kappa shape index (κ3) is 3.22. The van der Waals surface area contributed by atoms with Gasteiger partial charge in [-0.15, -0.1) is 0 Å². The summed E-state index contributed by atoms with van der Waals surface area (Å²) in [6.07, 6.45) is 0. The second-order valence-electron chi connectivity index (χ2n) is 4.15. The van der Waals surface area contributed by atoms with Gasteiger partial charge in [0.1, 0.15) is 5.82 Å². The highest BCUT2D eigenvalue weighted by molar-refractivity contribution is 9.10. The number of amides is 1. The summed E-state index contributed by atoms with van der Waals surface area (Å²) in [5.74, 6) is 0.365. The van der Waals surface area contributed by atoms with Crippen LogP contribution in [0.1, 0.15) is 21.6 Å². The molecule has 0 fully saturated rings. The Morgan fingerprint density at radius 2 is 1.89 bits per heavy atom. The van der Waals surface area contributed by atoms with Crippen molar-refractivity contribution in [1.29, 1.82) is 0 Å². The first kappa shape index (κ1) is 14.2. The molecule has 1 amide bonds. The lowest BCUT2D eigenvalue weighted by molar-refractivity contribution is 0.102. The van der Waals surface area contributed by atoms with Gasteiger partial charge in [0.05, 0.1) is 11.3 Å². The van der Waals surface area contributed by atoms with Crippen molar-refractivity contribution in [2.75, 3.05) is 5.32 Å². The summed E-state index contributed by atoms with van der Waals surface area (Å²) in [5, 5.41) is 2.79. The molecule has 2 rings (SSSR count). The lowest BCUT2D eigenvalue weighted by Crippen LogP contribution is -2.14. The third-order valence-corrected chi connectivity index (χ3v) is 4.59. The Hall–Kier alpha value is -1.20. The quantitative estimate of drug-likeness (QED) is 0.830. The van der Waals surface area contributed by atoms with E-state index in [-0.39, 0.29) is 5.91 Å². The molecule has 1 heterocycles. The summed E-state index contributed by atoms with van der Waals surface area (Å²) >= 11 is 6.81. The molecule has 0 saturated heterocycles. The van der Waals surface area contributed by atoms with E-state index in [2.05, 4.69) is 42.2 Å². The smallest absolute Gasteiger partial charge is 0.257 e. The Balaban J connectivity index is 2.26. The van der Waals surface area contributed by atoms with Gasteiger partial charge >= 0.3 is 0 Å². The molecule has 2 aromatic rings. The second-order valence-corrected chi connectivity index (χ2v) is 5.80. The maximum Gasteiger partial charge on any atom is 0.257 e. The first-order chi connectivity index (χ1) is 8.99. The van der Waals surface area contributed by atoms with E-state index < -0.39 is 0 Å². The fraction of sp³-hybridized carbons (Fsp3) is 0.143. The van der Waals surface area contributed by atoms with Crippen LogP contribution < -0.4 is 5.32 Å². The largest absolute Gasteiger partial charge is 0.307 e. The van der Waals surface area contributed by atoms with Gasteiger partial charge in [0.25, 0.3) is 5.91 Å². The number of carbonyl (C=O) groups excluding carboxylic acids is 1. The Kier molecular flexibility index (Phi) is 4.37. The van der Waals surface area contributed by atoms with Crippen LogP contribution in [0, 0.1) is 13.8 Å². The number of nitrogens with zero attached hydrogens (tertiary/aromatic N) is 1.